The van der Waals surface area contributed by atoms with Crippen LogP contribution in [0.25, 0.3) is 0 Å². The lowest BCUT2D eigenvalue weighted by Gasteiger charge is -2.33. The molecule has 6 nitrogen and oxygen atoms in total. The Kier molecular flexibility index (Phi) is 6.60. The van der Waals surface area contributed by atoms with Gasteiger partial charge in [0.15, 0.2) is 0 Å². The molecule has 0 spiro atoms. The first-order chi connectivity index (χ1) is 13.0. The zero-order chi connectivity index (χ0) is 19.2. The lowest BCUT2D eigenvalue weighted by molar-refractivity contribution is -0.127. The van der Waals surface area contributed by atoms with E-state index in [4.69, 9.17) is 4.74 Å². The van der Waals surface area contributed by atoms with E-state index < -0.39 is 12.5 Å². The molecular formula is C19H24F2N2O4. The van der Waals surface area contributed by atoms with Crippen molar-refractivity contribution < 1.29 is 27.8 Å². The number of alkyl halides is 2. The molecule has 0 radical (unpaired) electrons. The van der Waals surface area contributed by atoms with E-state index in [2.05, 4.69) is 10.1 Å². The Hall–Kier alpha value is -2.22. The molecule has 1 N–H and O–H groups in total. The minimum Gasteiger partial charge on any atom is -0.434 e. The van der Waals surface area contributed by atoms with Crippen LogP contribution < -0.4 is 10.1 Å². The van der Waals surface area contributed by atoms with Gasteiger partial charge in [-0.05, 0) is 37.8 Å². The van der Waals surface area contributed by atoms with Crippen molar-refractivity contribution in [3.05, 3.63) is 29.8 Å². The second-order valence-electron chi connectivity index (χ2n) is 6.86. The molecule has 1 aromatic carbocycles. The van der Waals surface area contributed by atoms with Crippen molar-refractivity contribution >= 4 is 11.8 Å². The number of carbonyl (C=O) groups is 2. The number of nitrogens with zero attached hydrogens (tertiary/aromatic N) is 1. The maximum atomic E-state index is 12.8. The lowest BCUT2D eigenvalue weighted by atomic mass is 9.95. The molecule has 2 saturated heterocycles. The highest BCUT2D eigenvalue weighted by molar-refractivity contribution is 5.97. The quantitative estimate of drug-likeness (QED) is 0.849. The Balaban J connectivity index is 1.63. The summed E-state index contributed by atoms with van der Waals surface area (Å²) in [4.78, 5) is 26.9. The third kappa shape index (κ3) is 5.15. The number of nitrogens with one attached hydrogen (secondary N) is 1. The minimum atomic E-state index is -3.00. The van der Waals surface area contributed by atoms with Gasteiger partial charge < -0.3 is 19.7 Å². The van der Waals surface area contributed by atoms with E-state index in [1.807, 2.05) is 0 Å². The van der Waals surface area contributed by atoms with Gasteiger partial charge in [0.05, 0.1) is 11.5 Å². The first kappa shape index (κ1) is 19.5. The number of hydrogen-bond acceptors (Lipinski definition) is 4. The number of rotatable bonds is 5. The molecule has 2 heterocycles. The van der Waals surface area contributed by atoms with E-state index in [-0.39, 0.29) is 35.7 Å². The summed E-state index contributed by atoms with van der Waals surface area (Å²) in [5.41, 5.74) is 0.0864. The second-order valence-corrected chi connectivity index (χ2v) is 6.86. The monoisotopic (exact) mass is 382 g/mol. The van der Waals surface area contributed by atoms with E-state index in [0.717, 1.165) is 12.8 Å². The summed E-state index contributed by atoms with van der Waals surface area (Å²) in [7, 11) is 0. The van der Waals surface area contributed by atoms with Gasteiger partial charge in [-0.25, -0.2) is 0 Å². The third-order valence-corrected chi connectivity index (χ3v) is 4.98. The molecule has 2 aliphatic rings. The van der Waals surface area contributed by atoms with Gasteiger partial charge in [0.25, 0.3) is 5.91 Å². The van der Waals surface area contributed by atoms with Crippen molar-refractivity contribution in [2.75, 3.05) is 26.3 Å². The average Bonchev–Trinajstić information content (AvgIpc) is 2.68. The van der Waals surface area contributed by atoms with Crippen LogP contribution in [-0.4, -0.2) is 55.7 Å². The van der Waals surface area contributed by atoms with E-state index in [0.29, 0.717) is 32.6 Å². The van der Waals surface area contributed by atoms with Crippen molar-refractivity contribution in [3.63, 3.8) is 0 Å². The molecule has 0 saturated carbocycles. The molecule has 0 aliphatic carbocycles. The number of halogens is 2. The molecule has 1 aromatic rings. The van der Waals surface area contributed by atoms with Gasteiger partial charge in [-0.3, -0.25) is 9.59 Å². The van der Waals surface area contributed by atoms with Crippen molar-refractivity contribution in [3.8, 4) is 5.75 Å². The number of para-hydroxylation sites is 1. The molecule has 148 valence electrons. The molecule has 0 bridgehead atoms. The molecule has 0 unspecified atom stereocenters. The zero-order valence-electron chi connectivity index (χ0n) is 15.0. The summed E-state index contributed by atoms with van der Waals surface area (Å²) in [6.07, 6.45) is 2.97. The van der Waals surface area contributed by atoms with Crippen molar-refractivity contribution in [2.24, 2.45) is 5.92 Å². The zero-order valence-corrected chi connectivity index (χ0v) is 15.0. The standard InChI is InChI=1S/C19H24F2N2O4/c20-19(21)27-16-6-2-1-5-15(16)18(25)23-9-3-4-13(12-23)17(24)22-14-7-10-26-11-8-14/h1-2,5-6,13-14,19H,3-4,7-12H2,(H,22,24)/t13-/m0/s1. The highest BCUT2D eigenvalue weighted by Crippen LogP contribution is 2.25. The van der Waals surface area contributed by atoms with E-state index in [1.165, 1.54) is 18.2 Å². The molecule has 8 heteroatoms. The van der Waals surface area contributed by atoms with Crippen molar-refractivity contribution in [2.45, 2.75) is 38.3 Å². The molecule has 2 aliphatic heterocycles. The van der Waals surface area contributed by atoms with Crippen LogP contribution in [0.2, 0.25) is 0 Å². The van der Waals surface area contributed by atoms with Crippen LogP contribution in [0.5, 0.6) is 5.75 Å². The predicted molar refractivity (Wildman–Crippen MR) is 93.7 cm³/mol. The molecule has 0 aromatic heterocycles. The molecule has 2 fully saturated rings. The number of hydrogen-bond donors (Lipinski definition) is 1. The summed E-state index contributed by atoms with van der Waals surface area (Å²) in [5.74, 6) is -0.897. The highest BCUT2D eigenvalue weighted by atomic mass is 19.3. The summed E-state index contributed by atoms with van der Waals surface area (Å²) in [5, 5.41) is 3.04. The van der Waals surface area contributed by atoms with Gasteiger partial charge >= 0.3 is 6.61 Å². The first-order valence-electron chi connectivity index (χ1n) is 9.26. The molecule has 1 atom stereocenters. The Morgan fingerprint density at radius 2 is 1.93 bits per heavy atom. The number of ether oxygens (including phenoxy) is 2. The van der Waals surface area contributed by atoms with Crippen LogP contribution in [0.1, 0.15) is 36.0 Å². The Bertz CT molecular complexity index is 665. The maximum Gasteiger partial charge on any atom is 0.387 e. The van der Waals surface area contributed by atoms with E-state index in [1.54, 1.807) is 11.0 Å². The van der Waals surface area contributed by atoms with Crippen LogP contribution in [0.3, 0.4) is 0 Å². The molecular weight excluding hydrogens is 358 g/mol. The van der Waals surface area contributed by atoms with Crippen molar-refractivity contribution in [1.29, 1.82) is 0 Å². The van der Waals surface area contributed by atoms with Gasteiger partial charge in [-0.15, -0.1) is 0 Å². The van der Waals surface area contributed by atoms with Gasteiger partial charge in [-0.1, -0.05) is 12.1 Å². The normalized spacial score (nSPS) is 21.1. The van der Waals surface area contributed by atoms with Gasteiger partial charge in [0.2, 0.25) is 5.91 Å². The summed E-state index contributed by atoms with van der Waals surface area (Å²) < 4.78 is 34.9. The smallest absolute Gasteiger partial charge is 0.387 e. The average molecular weight is 382 g/mol. The van der Waals surface area contributed by atoms with Gasteiger partial charge in [0.1, 0.15) is 5.75 Å². The van der Waals surface area contributed by atoms with Crippen LogP contribution in [0.4, 0.5) is 8.78 Å². The van der Waals surface area contributed by atoms with Gasteiger partial charge in [0, 0.05) is 32.3 Å². The summed E-state index contributed by atoms with van der Waals surface area (Å²) in [6, 6.07) is 6.06. The van der Waals surface area contributed by atoms with Crippen LogP contribution in [-0.2, 0) is 9.53 Å². The third-order valence-electron chi connectivity index (χ3n) is 4.98. The fourth-order valence-electron chi connectivity index (χ4n) is 3.55. The first-order valence-corrected chi connectivity index (χ1v) is 9.26. The molecule has 2 amide bonds. The minimum absolute atomic E-state index is 0.0588. The number of amides is 2. The Morgan fingerprint density at radius 1 is 1.19 bits per heavy atom. The number of benzene rings is 1. The lowest BCUT2D eigenvalue weighted by Crippen LogP contribution is -2.48. The number of piperidine rings is 1. The van der Waals surface area contributed by atoms with Crippen LogP contribution in [0.15, 0.2) is 24.3 Å². The summed E-state index contributed by atoms with van der Waals surface area (Å²) >= 11 is 0. The van der Waals surface area contributed by atoms with Crippen LogP contribution >= 0.6 is 0 Å². The van der Waals surface area contributed by atoms with Crippen molar-refractivity contribution in [1.82, 2.24) is 10.2 Å². The number of carbonyl (C=O) groups excluding carboxylic acids is 2. The Labute approximate surface area is 156 Å². The SMILES string of the molecule is O=C(NC1CCOCC1)[C@H]1CCCN(C(=O)c2ccccc2OC(F)F)C1. The maximum absolute atomic E-state index is 12.8. The molecule has 3 rings (SSSR count). The van der Waals surface area contributed by atoms with Gasteiger partial charge in [-0.2, -0.15) is 8.78 Å². The van der Waals surface area contributed by atoms with Crippen LogP contribution in [0, 0.1) is 5.92 Å². The predicted octanol–water partition coefficient (Wildman–Crippen LogP) is 2.44. The largest absolute Gasteiger partial charge is 0.434 e. The topological polar surface area (TPSA) is 67.9 Å². The fraction of sp³-hybridized carbons (Fsp3) is 0.579. The molecule has 27 heavy (non-hydrogen) atoms. The highest BCUT2D eigenvalue weighted by Gasteiger charge is 2.31. The number of likely N-dealkylation sites (tertiary alicyclic amines) is 1. The van der Waals surface area contributed by atoms with E-state index >= 15 is 0 Å². The fourth-order valence-corrected chi connectivity index (χ4v) is 3.55. The van der Waals surface area contributed by atoms with E-state index in [9.17, 15) is 18.4 Å². The Morgan fingerprint density at radius 3 is 2.67 bits per heavy atom. The summed E-state index contributed by atoms with van der Waals surface area (Å²) in [6.45, 7) is -0.958. The second kappa shape index (κ2) is 9.12.